The molecule has 0 aromatic heterocycles. The predicted molar refractivity (Wildman–Crippen MR) is 94.4 cm³/mol. The van der Waals surface area contributed by atoms with Gasteiger partial charge < -0.3 is 5.32 Å². The van der Waals surface area contributed by atoms with E-state index >= 15 is 0 Å². The van der Waals surface area contributed by atoms with Crippen LogP contribution in [0.15, 0.2) is 42.5 Å². The molecule has 5 nitrogen and oxygen atoms in total. The minimum atomic E-state index is -0.510. The summed E-state index contributed by atoms with van der Waals surface area (Å²) in [7, 11) is 0. The molecule has 0 aliphatic rings. The van der Waals surface area contributed by atoms with E-state index in [0.717, 1.165) is 5.56 Å². The molecule has 0 atom stereocenters. The van der Waals surface area contributed by atoms with Gasteiger partial charge in [-0.3, -0.25) is 14.9 Å². The third-order valence-corrected chi connectivity index (χ3v) is 4.55. The lowest BCUT2D eigenvalue weighted by Crippen LogP contribution is -2.14. The van der Waals surface area contributed by atoms with Gasteiger partial charge in [0.15, 0.2) is 0 Å². The number of thioether (sulfide) groups is 1. The lowest BCUT2D eigenvalue weighted by Gasteiger charge is -2.07. The van der Waals surface area contributed by atoms with Crippen LogP contribution in [0.4, 0.5) is 11.4 Å². The fourth-order valence-corrected chi connectivity index (χ4v) is 3.37. The van der Waals surface area contributed by atoms with Crippen LogP contribution >= 0.6 is 35.0 Å². The van der Waals surface area contributed by atoms with Crippen molar-refractivity contribution in [3.63, 3.8) is 0 Å². The summed E-state index contributed by atoms with van der Waals surface area (Å²) >= 11 is 13.5. The molecular formula is C15H12Cl2N2O3S. The van der Waals surface area contributed by atoms with Crippen molar-refractivity contribution in [1.29, 1.82) is 0 Å². The summed E-state index contributed by atoms with van der Waals surface area (Å²) < 4.78 is 0. The molecule has 0 heterocycles. The van der Waals surface area contributed by atoms with Gasteiger partial charge in [0.1, 0.15) is 0 Å². The molecule has 2 aromatic rings. The summed E-state index contributed by atoms with van der Waals surface area (Å²) in [6, 6.07) is 11.0. The van der Waals surface area contributed by atoms with Crippen LogP contribution in [0, 0.1) is 10.1 Å². The average Bonchev–Trinajstić information content (AvgIpc) is 2.50. The number of halogens is 2. The Balaban J connectivity index is 1.88. The normalized spacial score (nSPS) is 10.3. The van der Waals surface area contributed by atoms with Crippen molar-refractivity contribution in [2.75, 3.05) is 11.1 Å². The lowest BCUT2D eigenvalue weighted by molar-refractivity contribution is -0.384. The first kappa shape index (κ1) is 17.6. The van der Waals surface area contributed by atoms with Crippen LogP contribution in [0.1, 0.15) is 5.56 Å². The molecule has 0 saturated carbocycles. The quantitative estimate of drug-likeness (QED) is 0.586. The van der Waals surface area contributed by atoms with Crippen LogP contribution < -0.4 is 5.32 Å². The van der Waals surface area contributed by atoms with E-state index in [9.17, 15) is 14.9 Å². The second-order valence-electron chi connectivity index (χ2n) is 4.55. The molecule has 120 valence electrons. The second kappa shape index (κ2) is 8.19. The Bertz CT molecular complexity index is 720. The molecule has 2 aromatic carbocycles. The van der Waals surface area contributed by atoms with Gasteiger partial charge in [-0.25, -0.2) is 0 Å². The van der Waals surface area contributed by atoms with Crippen LogP contribution in [-0.4, -0.2) is 16.6 Å². The van der Waals surface area contributed by atoms with Crippen LogP contribution in [0.3, 0.4) is 0 Å². The molecule has 1 N–H and O–H groups in total. The highest BCUT2D eigenvalue weighted by atomic mass is 35.5. The van der Waals surface area contributed by atoms with Crippen LogP contribution in [-0.2, 0) is 10.5 Å². The van der Waals surface area contributed by atoms with Crippen LogP contribution in [0.5, 0.6) is 0 Å². The molecule has 8 heteroatoms. The zero-order valence-corrected chi connectivity index (χ0v) is 14.1. The van der Waals surface area contributed by atoms with Crippen LogP contribution in [0.2, 0.25) is 10.0 Å². The van der Waals surface area contributed by atoms with Gasteiger partial charge in [-0.05, 0) is 23.8 Å². The van der Waals surface area contributed by atoms with Crippen molar-refractivity contribution in [1.82, 2.24) is 0 Å². The zero-order valence-electron chi connectivity index (χ0n) is 11.8. The number of carbonyl (C=O) groups excluding carboxylic acids is 1. The van der Waals surface area contributed by atoms with E-state index in [-0.39, 0.29) is 17.3 Å². The minimum absolute atomic E-state index is 0.0710. The molecule has 0 radical (unpaired) electrons. The summed E-state index contributed by atoms with van der Waals surface area (Å²) in [6.07, 6.45) is 0. The highest BCUT2D eigenvalue weighted by molar-refractivity contribution is 7.99. The molecule has 2 rings (SSSR count). The maximum atomic E-state index is 11.9. The number of nitro benzene ring substituents is 1. The molecular weight excluding hydrogens is 359 g/mol. The maximum absolute atomic E-state index is 11.9. The number of nitrogens with one attached hydrogen (secondary N) is 1. The summed E-state index contributed by atoms with van der Waals surface area (Å²) in [5.41, 5.74) is 1.10. The summed E-state index contributed by atoms with van der Waals surface area (Å²) in [6.45, 7) is 0. The van der Waals surface area contributed by atoms with Crippen molar-refractivity contribution in [2.45, 2.75) is 5.75 Å². The van der Waals surface area contributed by atoms with Gasteiger partial charge >= 0.3 is 0 Å². The second-order valence-corrected chi connectivity index (χ2v) is 6.35. The number of benzene rings is 2. The number of nitrogens with zero attached hydrogens (tertiary/aromatic N) is 1. The smallest absolute Gasteiger partial charge is 0.271 e. The number of amides is 1. The van der Waals surface area contributed by atoms with Gasteiger partial charge in [0, 0.05) is 33.6 Å². The zero-order chi connectivity index (χ0) is 16.8. The van der Waals surface area contributed by atoms with Gasteiger partial charge in [-0.2, -0.15) is 0 Å². The maximum Gasteiger partial charge on any atom is 0.271 e. The van der Waals surface area contributed by atoms with Crippen molar-refractivity contribution >= 4 is 52.2 Å². The van der Waals surface area contributed by atoms with Crippen LogP contribution in [0.25, 0.3) is 0 Å². The predicted octanol–water partition coefficient (Wildman–Crippen LogP) is 4.77. The van der Waals surface area contributed by atoms with Crippen molar-refractivity contribution < 1.29 is 9.72 Å². The van der Waals surface area contributed by atoms with Crippen molar-refractivity contribution in [3.8, 4) is 0 Å². The molecule has 0 aliphatic carbocycles. The number of rotatable bonds is 6. The Hall–Kier alpha value is -1.76. The first-order valence-corrected chi connectivity index (χ1v) is 8.43. The van der Waals surface area contributed by atoms with Gasteiger partial charge in [0.25, 0.3) is 5.69 Å². The Morgan fingerprint density at radius 2 is 1.83 bits per heavy atom. The van der Waals surface area contributed by atoms with Gasteiger partial charge in [-0.1, -0.05) is 35.3 Å². The fourth-order valence-electron chi connectivity index (χ4n) is 1.81. The lowest BCUT2D eigenvalue weighted by atomic mass is 10.2. The van der Waals surface area contributed by atoms with Gasteiger partial charge in [0.2, 0.25) is 5.91 Å². The number of hydrogen-bond acceptors (Lipinski definition) is 4. The molecule has 1 amide bonds. The monoisotopic (exact) mass is 370 g/mol. The highest BCUT2D eigenvalue weighted by Crippen LogP contribution is 2.28. The number of carbonyl (C=O) groups is 1. The molecule has 0 aliphatic heterocycles. The Kier molecular flexibility index (Phi) is 6.27. The third-order valence-electron chi connectivity index (χ3n) is 2.88. The van der Waals surface area contributed by atoms with E-state index in [4.69, 9.17) is 23.2 Å². The summed E-state index contributed by atoms with van der Waals surface area (Å²) in [4.78, 5) is 22.1. The first-order valence-electron chi connectivity index (χ1n) is 6.52. The molecule has 0 fully saturated rings. The molecule has 0 bridgehead atoms. The Labute approximate surface area is 147 Å². The third kappa shape index (κ3) is 5.13. The number of non-ortho nitro benzene ring substituents is 1. The highest BCUT2D eigenvalue weighted by Gasteiger charge is 2.10. The van der Waals surface area contributed by atoms with E-state index in [2.05, 4.69) is 5.32 Å². The van der Waals surface area contributed by atoms with E-state index in [1.54, 1.807) is 24.3 Å². The van der Waals surface area contributed by atoms with Crippen molar-refractivity contribution in [3.05, 3.63) is 68.2 Å². The summed E-state index contributed by atoms with van der Waals surface area (Å²) in [5, 5.41) is 14.4. The Morgan fingerprint density at radius 1 is 1.17 bits per heavy atom. The Morgan fingerprint density at radius 3 is 2.48 bits per heavy atom. The van der Waals surface area contributed by atoms with E-state index in [0.29, 0.717) is 21.5 Å². The standard InChI is InChI=1S/C15H12Cl2N2O3S/c16-13-5-2-6-14(17)12(13)8-23-9-15(20)18-10-3-1-4-11(7-10)19(21)22/h1-7H,8-9H2,(H,18,20). The van der Waals surface area contributed by atoms with E-state index < -0.39 is 4.92 Å². The van der Waals surface area contributed by atoms with E-state index in [1.807, 2.05) is 0 Å². The molecule has 0 saturated heterocycles. The number of hydrogen-bond donors (Lipinski definition) is 1. The number of anilines is 1. The first-order chi connectivity index (χ1) is 11.0. The number of nitro groups is 1. The topological polar surface area (TPSA) is 72.2 Å². The minimum Gasteiger partial charge on any atom is -0.325 e. The molecule has 0 spiro atoms. The van der Waals surface area contributed by atoms with E-state index in [1.165, 1.54) is 30.0 Å². The van der Waals surface area contributed by atoms with Crippen molar-refractivity contribution in [2.24, 2.45) is 0 Å². The van der Waals surface area contributed by atoms with Gasteiger partial charge in [0.05, 0.1) is 10.7 Å². The average molecular weight is 371 g/mol. The SMILES string of the molecule is O=C(CSCc1c(Cl)cccc1Cl)Nc1cccc([N+](=O)[O-])c1. The largest absolute Gasteiger partial charge is 0.325 e. The van der Waals surface area contributed by atoms with Gasteiger partial charge in [-0.15, -0.1) is 11.8 Å². The molecule has 23 heavy (non-hydrogen) atoms. The summed E-state index contributed by atoms with van der Waals surface area (Å²) in [5.74, 6) is 0.434. The molecule has 0 unspecified atom stereocenters. The fraction of sp³-hybridized carbons (Fsp3) is 0.133.